The van der Waals surface area contributed by atoms with E-state index in [-0.39, 0.29) is 18.0 Å². The first-order valence-electron chi connectivity index (χ1n) is 4.95. The monoisotopic (exact) mass is 262 g/mol. The summed E-state index contributed by atoms with van der Waals surface area (Å²) in [6.07, 6.45) is 0. The predicted molar refractivity (Wildman–Crippen MR) is 66.5 cm³/mol. The van der Waals surface area contributed by atoms with E-state index in [9.17, 15) is 9.18 Å². The molecule has 96 valence electrons. The number of rotatable bonds is 5. The Morgan fingerprint density at radius 3 is 2.65 bits per heavy atom. The zero-order valence-electron chi connectivity index (χ0n) is 9.75. The van der Waals surface area contributed by atoms with Crippen molar-refractivity contribution in [3.63, 3.8) is 0 Å². The topological polar surface area (TPSA) is 50.4 Å². The standard InChI is InChI=1S/C11H15FN2O2.ClH/c1-13-5-6-14-11(15)9-4-3-8(16-2)7-10(9)12;/h3-4,7,13H,5-6H2,1-2H3,(H,14,15);1H. The normalized spacial score (nSPS) is 9.35. The average molecular weight is 263 g/mol. The first-order valence-corrected chi connectivity index (χ1v) is 4.95. The maximum Gasteiger partial charge on any atom is 0.254 e. The number of methoxy groups -OCH3 is 1. The minimum atomic E-state index is -0.582. The molecule has 0 spiro atoms. The highest BCUT2D eigenvalue weighted by atomic mass is 35.5. The number of likely N-dealkylation sites (N-methyl/N-ethyl adjacent to an activating group) is 1. The molecule has 1 rings (SSSR count). The Morgan fingerprint density at radius 2 is 2.12 bits per heavy atom. The molecular formula is C11H16ClFN2O2. The molecule has 2 N–H and O–H groups in total. The molecular weight excluding hydrogens is 247 g/mol. The Hall–Kier alpha value is -1.33. The number of hydrogen-bond acceptors (Lipinski definition) is 3. The molecule has 0 fully saturated rings. The van der Waals surface area contributed by atoms with Gasteiger partial charge in [-0.1, -0.05) is 0 Å². The van der Waals surface area contributed by atoms with Crippen molar-refractivity contribution in [1.29, 1.82) is 0 Å². The highest BCUT2D eigenvalue weighted by Crippen LogP contribution is 2.15. The molecule has 1 aromatic carbocycles. The van der Waals surface area contributed by atoms with E-state index in [0.29, 0.717) is 18.8 Å². The summed E-state index contributed by atoms with van der Waals surface area (Å²) in [7, 11) is 3.22. The molecule has 0 saturated carbocycles. The van der Waals surface area contributed by atoms with Gasteiger partial charge in [-0.25, -0.2) is 4.39 Å². The third-order valence-corrected chi connectivity index (χ3v) is 2.08. The second-order valence-corrected chi connectivity index (χ2v) is 3.21. The number of benzene rings is 1. The minimum Gasteiger partial charge on any atom is -0.497 e. The largest absolute Gasteiger partial charge is 0.497 e. The van der Waals surface area contributed by atoms with Crippen LogP contribution in [0.4, 0.5) is 4.39 Å². The van der Waals surface area contributed by atoms with E-state index in [1.807, 2.05) is 0 Å². The minimum absolute atomic E-state index is 0. The van der Waals surface area contributed by atoms with Gasteiger partial charge in [0, 0.05) is 19.2 Å². The van der Waals surface area contributed by atoms with E-state index in [0.717, 1.165) is 0 Å². The lowest BCUT2D eigenvalue weighted by Gasteiger charge is -2.06. The van der Waals surface area contributed by atoms with Crippen LogP contribution in [0.3, 0.4) is 0 Å². The average Bonchev–Trinajstić information content (AvgIpc) is 2.29. The first kappa shape index (κ1) is 15.7. The number of ether oxygens (including phenoxy) is 1. The van der Waals surface area contributed by atoms with Crippen LogP contribution in [0.5, 0.6) is 5.75 Å². The van der Waals surface area contributed by atoms with Crippen molar-refractivity contribution in [2.75, 3.05) is 27.2 Å². The Morgan fingerprint density at radius 1 is 1.41 bits per heavy atom. The molecule has 0 radical (unpaired) electrons. The number of nitrogens with one attached hydrogen (secondary N) is 2. The van der Waals surface area contributed by atoms with Crippen molar-refractivity contribution < 1.29 is 13.9 Å². The third-order valence-electron chi connectivity index (χ3n) is 2.08. The number of carbonyl (C=O) groups is 1. The zero-order valence-corrected chi connectivity index (χ0v) is 10.6. The first-order chi connectivity index (χ1) is 7.69. The molecule has 1 amide bonds. The van der Waals surface area contributed by atoms with Crippen molar-refractivity contribution in [3.8, 4) is 5.75 Å². The van der Waals surface area contributed by atoms with Gasteiger partial charge < -0.3 is 15.4 Å². The Bertz CT molecular complexity index is 374. The Labute approximate surface area is 106 Å². The van der Waals surface area contributed by atoms with Gasteiger partial charge in [-0.3, -0.25) is 4.79 Å². The van der Waals surface area contributed by atoms with Crippen LogP contribution in [0.1, 0.15) is 10.4 Å². The summed E-state index contributed by atoms with van der Waals surface area (Å²) in [6.45, 7) is 1.10. The van der Waals surface area contributed by atoms with Gasteiger partial charge in [0.25, 0.3) is 5.91 Å². The fraction of sp³-hybridized carbons (Fsp3) is 0.364. The Kier molecular flexibility index (Phi) is 7.25. The van der Waals surface area contributed by atoms with Crippen molar-refractivity contribution in [2.45, 2.75) is 0 Å². The van der Waals surface area contributed by atoms with Crippen molar-refractivity contribution in [2.24, 2.45) is 0 Å². The third kappa shape index (κ3) is 4.58. The smallest absolute Gasteiger partial charge is 0.254 e. The lowest BCUT2D eigenvalue weighted by Crippen LogP contribution is -2.30. The fourth-order valence-electron chi connectivity index (χ4n) is 1.20. The van der Waals surface area contributed by atoms with Crippen molar-refractivity contribution >= 4 is 18.3 Å². The van der Waals surface area contributed by atoms with E-state index in [4.69, 9.17) is 4.74 Å². The molecule has 0 aliphatic carbocycles. The molecule has 0 saturated heterocycles. The second kappa shape index (κ2) is 7.86. The second-order valence-electron chi connectivity index (χ2n) is 3.21. The van der Waals surface area contributed by atoms with Gasteiger partial charge in [0.15, 0.2) is 0 Å². The summed E-state index contributed by atoms with van der Waals surface area (Å²) in [4.78, 5) is 11.5. The molecule has 17 heavy (non-hydrogen) atoms. The van der Waals surface area contributed by atoms with E-state index < -0.39 is 11.7 Å². The highest BCUT2D eigenvalue weighted by Gasteiger charge is 2.11. The van der Waals surface area contributed by atoms with Gasteiger partial charge in [-0.2, -0.15) is 0 Å². The van der Waals surface area contributed by atoms with Gasteiger partial charge in [0.05, 0.1) is 12.7 Å². The van der Waals surface area contributed by atoms with Crippen LogP contribution in [0, 0.1) is 5.82 Å². The quantitative estimate of drug-likeness (QED) is 0.784. The van der Waals surface area contributed by atoms with Crippen LogP contribution >= 0.6 is 12.4 Å². The van der Waals surface area contributed by atoms with Crippen LogP contribution in [-0.2, 0) is 0 Å². The van der Waals surface area contributed by atoms with Gasteiger partial charge in [-0.15, -0.1) is 12.4 Å². The highest BCUT2D eigenvalue weighted by molar-refractivity contribution is 5.94. The molecule has 0 aliphatic heterocycles. The molecule has 4 nitrogen and oxygen atoms in total. The lowest BCUT2D eigenvalue weighted by molar-refractivity contribution is 0.0950. The zero-order chi connectivity index (χ0) is 12.0. The molecule has 0 unspecified atom stereocenters. The summed E-state index contributed by atoms with van der Waals surface area (Å²) in [5.74, 6) is -0.610. The SMILES string of the molecule is CNCCNC(=O)c1ccc(OC)cc1F.Cl. The van der Waals surface area contributed by atoms with Gasteiger partial charge in [0.1, 0.15) is 11.6 Å². The molecule has 0 atom stereocenters. The van der Waals surface area contributed by atoms with Crippen LogP contribution < -0.4 is 15.4 Å². The van der Waals surface area contributed by atoms with Gasteiger partial charge in [0.2, 0.25) is 0 Å². The molecule has 0 aliphatic rings. The van der Waals surface area contributed by atoms with Crippen molar-refractivity contribution in [1.82, 2.24) is 10.6 Å². The van der Waals surface area contributed by atoms with E-state index in [1.165, 1.54) is 19.2 Å². The van der Waals surface area contributed by atoms with Gasteiger partial charge in [-0.05, 0) is 19.2 Å². The molecule has 6 heteroatoms. The van der Waals surface area contributed by atoms with E-state index >= 15 is 0 Å². The fourth-order valence-corrected chi connectivity index (χ4v) is 1.20. The van der Waals surface area contributed by atoms with Crippen LogP contribution in [0.25, 0.3) is 0 Å². The summed E-state index contributed by atoms with van der Waals surface area (Å²) < 4.78 is 18.3. The Balaban J connectivity index is 0.00000256. The predicted octanol–water partition coefficient (Wildman–Crippen LogP) is 1.21. The molecule has 1 aromatic rings. The number of halogens is 2. The molecule has 0 aromatic heterocycles. The molecule has 0 bridgehead atoms. The summed E-state index contributed by atoms with van der Waals surface area (Å²) in [5, 5.41) is 5.47. The van der Waals surface area contributed by atoms with Crippen LogP contribution in [0.15, 0.2) is 18.2 Å². The van der Waals surface area contributed by atoms with Gasteiger partial charge >= 0.3 is 0 Å². The number of amides is 1. The van der Waals surface area contributed by atoms with Crippen LogP contribution in [0.2, 0.25) is 0 Å². The maximum absolute atomic E-state index is 13.4. The summed E-state index contributed by atoms with van der Waals surface area (Å²) in [6, 6.07) is 4.14. The molecule has 0 heterocycles. The lowest BCUT2D eigenvalue weighted by atomic mass is 10.2. The number of hydrogen-bond donors (Lipinski definition) is 2. The summed E-state index contributed by atoms with van der Waals surface area (Å²) >= 11 is 0. The van der Waals surface area contributed by atoms with Crippen molar-refractivity contribution in [3.05, 3.63) is 29.6 Å². The number of carbonyl (C=O) groups excluding carboxylic acids is 1. The van der Waals surface area contributed by atoms with E-state index in [1.54, 1.807) is 13.1 Å². The summed E-state index contributed by atoms with van der Waals surface area (Å²) in [5.41, 5.74) is 0.0249. The van der Waals surface area contributed by atoms with Crippen LogP contribution in [-0.4, -0.2) is 33.2 Å². The van der Waals surface area contributed by atoms with E-state index in [2.05, 4.69) is 10.6 Å². The maximum atomic E-state index is 13.4.